The molecule has 7 heteroatoms. The molecule has 1 N–H and O–H groups in total. The lowest BCUT2D eigenvalue weighted by atomic mass is 9.96. The molecule has 2 unspecified atom stereocenters. The standard InChI is InChI=1S/C37H49FN4O2/c1-9-13-14-20-39-37(35-28(7)15-16-29(8)36(35)43-25-27(6)22-26(5)10-2)41-30-17-18-34(33(38)23-30)44-32-19-21-42(40-12-4)31(11-3)24-32/h11-12,14-21,23-24,26-27H,9-10,13,22,25H2,1-8H3,(H,39,41)/b20-14+,31-11+,40-12-. The van der Waals surface area contributed by atoms with E-state index in [9.17, 15) is 0 Å². The van der Waals surface area contributed by atoms with Crippen LogP contribution in [0.25, 0.3) is 0 Å². The highest BCUT2D eigenvalue weighted by molar-refractivity contribution is 6.11. The molecule has 0 amide bonds. The van der Waals surface area contributed by atoms with Gasteiger partial charge in [-0.05, 0) is 81.7 Å². The number of benzene rings is 2. The first kappa shape index (κ1) is 34.4. The Bertz CT molecular complexity index is 1440. The Balaban J connectivity index is 1.90. The Morgan fingerprint density at radius 3 is 2.52 bits per heavy atom. The molecular weight excluding hydrogens is 551 g/mol. The number of aryl methyl sites for hydroxylation is 2. The van der Waals surface area contributed by atoms with E-state index >= 15 is 4.39 Å². The van der Waals surface area contributed by atoms with Crippen LogP contribution < -0.4 is 14.8 Å². The maximum absolute atomic E-state index is 15.4. The van der Waals surface area contributed by atoms with Crippen LogP contribution in [0.4, 0.5) is 10.1 Å². The second-order valence-corrected chi connectivity index (χ2v) is 11.4. The van der Waals surface area contributed by atoms with E-state index in [1.54, 1.807) is 35.6 Å². The Kier molecular flexibility index (Phi) is 13.5. The molecule has 2 aromatic rings. The third-order valence-electron chi connectivity index (χ3n) is 7.47. The highest BCUT2D eigenvalue weighted by Gasteiger charge is 2.19. The normalized spacial score (nSPS) is 16.1. The zero-order valence-corrected chi connectivity index (χ0v) is 27.7. The van der Waals surface area contributed by atoms with Gasteiger partial charge < -0.3 is 14.8 Å². The van der Waals surface area contributed by atoms with Crippen LogP contribution in [0.1, 0.15) is 83.9 Å². The molecule has 6 nitrogen and oxygen atoms in total. The number of unbranched alkanes of at least 4 members (excludes halogenated alkanes) is 1. The summed E-state index contributed by atoms with van der Waals surface area (Å²) in [6.07, 6.45) is 17.0. The molecule has 0 saturated carbocycles. The number of allylic oxidation sites excluding steroid dienone is 4. The van der Waals surface area contributed by atoms with Gasteiger partial charge in [-0.1, -0.05) is 64.8 Å². The van der Waals surface area contributed by atoms with E-state index in [0.717, 1.165) is 53.8 Å². The molecule has 0 spiro atoms. The molecule has 0 bridgehead atoms. The molecule has 1 aliphatic rings. The molecule has 1 heterocycles. The Morgan fingerprint density at radius 2 is 1.84 bits per heavy atom. The van der Waals surface area contributed by atoms with Crippen molar-refractivity contribution in [2.75, 3.05) is 11.9 Å². The highest BCUT2D eigenvalue weighted by atomic mass is 19.1. The van der Waals surface area contributed by atoms with Crippen molar-refractivity contribution >= 4 is 17.7 Å². The summed E-state index contributed by atoms with van der Waals surface area (Å²) in [6.45, 7) is 17.3. The molecule has 3 rings (SSSR count). The fraction of sp³-hybridized carbons (Fsp3) is 0.405. The number of nitrogens with one attached hydrogen (secondary N) is 1. The van der Waals surface area contributed by atoms with Gasteiger partial charge in [0.2, 0.25) is 0 Å². The molecule has 0 radical (unpaired) electrons. The minimum absolute atomic E-state index is 0.127. The van der Waals surface area contributed by atoms with E-state index in [1.165, 1.54) is 6.07 Å². The Hall–Kier alpha value is -4.13. The summed E-state index contributed by atoms with van der Waals surface area (Å²) < 4.78 is 27.8. The van der Waals surface area contributed by atoms with Crippen molar-refractivity contribution in [1.29, 1.82) is 0 Å². The second kappa shape index (κ2) is 17.2. The van der Waals surface area contributed by atoms with Gasteiger partial charge >= 0.3 is 0 Å². The average molecular weight is 601 g/mol. The van der Waals surface area contributed by atoms with E-state index in [2.05, 4.69) is 57.2 Å². The molecular formula is C37H49FN4O2. The Morgan fingerprint density at radius 1 is 1.07 bits per heavy atom. The fourth-order valence-corrected chi connectivity index (χ4v) is 4.86. The molecule has 236 valence electrons. The van der Waals surface area contributed by atoms with E-state index in [1.807, 2.05) is 45.2 Å². The molecule has 1 aliphatic heterocycles. The van der Waals surface area contributed by atoms with Gasteiger partial charge in [-0.3, -0.25) is 0 Å². The summed E-state index contributed by atoms with van der Waals surface area (Å²) in [7, 11) is 0. The first-order chi connectivity index (χ1) is 21.2. The number of nitrogens with zero attached hydrogens (tertiary/aromatic N) is 3. The predicted molar refractivity (Wildman–Crippen MR) is 183 cm³/mol. The number of rotatable bonds is 14. The van der Waals surface area contributed by atoms with Crippen molar-refractivity contribution in [2.45, 2.75) is 81.1 Å². The molecule has 0 aliphatic carbocycles. The van der Waals surface area contributed by atoms with E-state index < -0.39 is 5.82 Å². The smallest absolute Gasteiger partial charge is 0.167 e. The Labute approximate surface area is 263 Å². The molecule has 2 atom stereocenters. The summed E-state index contributed by atoms with van der Waals surface area (Å²) >= 11 is 0. The summed E-state index contributed by atoms with van der Waals surface area (Å²) in [5.74, 6) is 2.62. The second-order valence-electron chi connectivity index (χ2n) is 11.4. The topological polar surface area (TPSA) is 58.5 Å². The van der Waals surface area contributed by atoms with Crippen LogP contribution in [0, 0.1) is 31.5 Å². The number of hydrogen-bond donors (Lipinski definition) is 1. The van der Waals surface area contributed by atoms with Crippen LogP contribution in [0.5, 0.6) is 11.5 Å². The lowest BCUT2D eigenvalue weighted by Gasteiger charge is -2.22. The van der Waals surface area contributed by atoms with E-state index in [4.69, 9.17) is 14.5 Å². The van der Waals surface area contributed by atoms with Crippen molar-refractivity contribution in [3.8, 4) is 11.5 Å². The van der Waals surface area contributed by atoms with Gasteiger partial charge in [0.05, 0.1) is 17.9 Å². The van der Waals surface area contributed by atoms with Gasteiger partial charge in [-0.2, -0.15) is 5.10 Å². The summed E-state index contributed by atoms with van der Waals surface area (Å²) in [4.78, 5) is 4.81. The average Bonchev–Trinajstić information content (AvgIpc) is 3.01. The van der Waals surface area contributed by atoms with Crippen LogP contribution in [0.3, 0.4) is 0 Å². The van der Waals surface area contributed by atoms with Crippen LogP contribution in [-0.2, 0) is 0 Å². The number of amidine groups is 1. The number of aliphatic imine (C=N–C) groups is 1. The molecule has 2 aromatic carbocycles. The lowest BCUT2D eigenvalue weighted by Crippen LogP contribution is -2.19. The third-order valence-corrected chi connectivity index (χ3v) is 7.47. The largest absolute Gasteiger partial charge is 0.492 e. The summed E-state index contributed by atoms with van der Waals surface area (Å²) in [5.41, 5.74) is 4.31. The summed E-state index contributed by atoms with van der Waals surface area (Å²) in [5, 5.41) is 9.39. The van der Waals surface area contributed by atoms with Crippen molar-refractivity contribution in [3.05, 3.63) is 101 Å². The number of halogens is 1. The maximum atomic E-state index is 15.4. The molecule has 44 heavy (non-hydrogen) atoms. The van der Waals surface area contributed by atoms with E-state index in [0.29, 0.717) is 35.7 Å². The third kappa shape index (κ3) is 9.69. The SMILES string of the molecule is C/C=N\N1C=CC(Oc2ccc(NC(=N/C=C/CCC)c3c(C)ccc(C)c3OCC(C)CC(C)CC)cc2F)=C/C1=C\C. The van der Waals surface area contributed by atoms with Crippen molar-refractivity contribution in [2.24, 2.45) is 21.9 Å². The molecule has 0 fully saturated rings. The van der Waals surface area contributed by atoms with E-state index in [-0.39, 0.29) is 5.75 Å². The first-order valence-corrected chi connectivity index (χ1v) is 15.7. The van der Waals surface area contributed by atoms with Crippen LogP contribution in [0.2, 0.25) is 0 Å². The van der Waals surface area contributed by atoms with Gasteiger partial charge in [0.15, 0.2) is 11.6 Å². The van der Waals surface area contributed by atoms with Crippen LogP contribution in [-0.4, -0.2) is 23.7 Å². The lowest BCUT2D eigenvalue weighted by molar-refractivity contribution is 0.232. The van der Waals surface area contributed by atoms with Gasteiger partial charge in [0.25, 0.3) is 0 Å². The van der Waals surface area contributed by atoms with Crippen LogP contribution >= 0.6 is 0 Å². The molecule has 0 aromatic heterocycles. The van der Waals surface area contributed by atoms with Crippen molar-refractivity contribution in [1.82, 2.24) is 5.01 Å². The fourth-order valence-electron chi connectivity index (χ4n) is 4.86. The quantitative estimate of drug-likeness (QED) is 0.173. The van der Waals surface area contributed by atoms with Gasteiger partial charge in [-0.15, -0.1) is 0 Å². The molecule has 0 saturated heterocycles. The van der Waals surface area contributed by atoms with Crippen molar-refractivity contribution in [3.63, 3.8) is 0 Å². The van der Waals surface area contributed by atoms with Crippen LogP contribution in [0.15, 0.2) is 88.6 Å². The zero-order chi connectivity index (χ0) is 32.1. The highest BCUT2D eigenvalue weighted by Crippen LogP contribution is 2.31. The minimum Gasteiger partial charge on any atom is -0.492 e. The zero-order valence-electron chi connectivity index (χ0n) is 27.7. The number of ether oxygens (including phenoxy) is 2. The van der Waals surface area contributed by atoms with Gasteiger partial charge in [0.1, 0.15) is 17.3 Å². The predicted octanol–water partition coefficient (Wildman–Crippen LogP) is 10.1. The first-order valence-electron chi connectivity index (χ1n) is 15.7. The number of hydrogen-bond acceptors (Lipinski definition) is 5. The van der Waals surface area contributed by atoms with Crippen molar-refractivity contribution < 1.29 is 13.9 Å². The van der Waals surface area contributed by atoms with Gasteiger partial charge in [-0.25, -0.2) is 14.4 Å². The maximum Gasteiger partial charge on any atom is 0.167 e. The minimum atomic E-state index is -0.488. The number of hydrazone groups is 1. The van der Waals surface area contributed by atoms with Gasteiger partial charge in [0, 0.05) is 36.4 Å². The monoisotopic (exact) mass is 600 g/mol. The number of anilines is 1. The summed E-state index contributed by atoms with van der Waals surface area (Å²) in [6, 6.07) is 8.99.